The molecule has 0 spiro atoms. The molecule has 1 atom stereocenters. The van der Waals surface area contributed by atoms with E-state index in [0.717, 1.165) is 35.8 Å². The van der Waals surface area contributed by atoms with Crippen LogP contribution in [0.4, 0.5) is 0 Å². The van der Waals surface area contributed by atoms with Gasteiger partial charge in [0.15, 0.2) is 0 Å². The van der Waals surface area contributed by atoms with Crippen LogP contribution >= 0.6 is 0 Å². The van der Waals surface area contributed by atoms with Gasteiger partial charge in [-0.1, -0.05) is 30.3 Å². The standard InChI is InChI=1S/C21H18O5/c1-24-21(23)19(13-6-3-2-4-7-13)25-14-10-11-16-15-8-5-9-17(15)20(22)26-18(16)12-14/h2-4,6-7,10-12,19H,5,8-9H2,1H3/t19-/m1/s1. The summed E-state index contributed by atoms with van der Waals surface area (Å²) in [6.45, 7) is 0. The van der Waals surface area contributed by atoms with Crippen LogP contribution in [0.25, 0.3) is 11.0 Å². The molecule has 0 aliphatic heterocycles. The maximum Gasteiger partial charge on any atom is 0.351 e. The van der Waals surface area contributed by atoms with Crippen LogP contribution in [0.1, 0.15) is 29.2 Å². The third kappa shape index (κ3) is 2.86. The van der Waals surface area contributed by atoms with E-state index in [0.29, 0.717) is 16.9 Å². The minimum Gasteiger partial charge on any atom is -0.474 e. The van der Waals surface area contributed by atoms with Gasteiger partial charge in [0.05, 0.1) is 7.11 Å². The number of hydrogen-bond donors (Lipinski definition) is 0. The number of hydrogen-bond acceptors (Lipinski definition) is 5. The van der Waals surface area contributed by atoms with Gasteiger partial charge in [-0.2, -0.15) is 0 Å². The average Bonchev–Trinajstić information content (AvgIpc) is 3.17. The lowest BCUT2D eigenvalue weighted by molar-refractivity contribution is -0.149. The first kappa shape index (κ1) is 16.4. The van der Waals surface area contributed by atoms with E-state index in [-0.39, 0.29) is 5.63 Å². The van der Waals surface area contributed by atoms with Crippen molar-refractivity contribution in [2.45, 2.75) is 25.4 Å². The molecular weight excluding hydrogens is 332 g/mol. The molecule has 132 valence electrons. The van der Waals surface area contributed by atoms with Crippen molar-refractivity contribution >= 4 is 16.9 Å². The summed E-state index contributed by atoms with van der Waals surface area (Å²) in [5.74, 6) is -0.0513. The highest BCUT2D eigenvalue weighted by atomic mass is 16.6. The lowest BCUT2D eigenvalue weighted by atomic mass is 10.1. The monoisotopic (exact) mass is 350 g/mol. The Morgan fingerprint density at radius 1 is 1.08 bits per heavy atom. The van der Waals surface area contributed by atoms with Crippen molar-refractivity contribution in [2.24, 2.45) is 0 Å². The van der Waals surface area contributed by atoms with Crippen LogP contribution in [0.2, 0.25) is 0 Å². The molecule has 26 heavy (non-hydrogen) atoms. The van der Waals surface area contributed by atoms with E-state index in [4.69, 9.17) is 13.9 Å². The Bertz CT molecular complexity index is 1020. The first-order valence-electron chi connectivity index (χ1n) is 8.55. The zero-order chi connectivity index (χ0) is 18.1. The van der Waals surface area contributed by atoms with Crippen molar-refractivity contribution in [1.29, 1.82) is 0 Å². The van der Waals surface area contributed by atoms with Crippen molar-refractivity contribution in [1.82, 2.24) is 0 Å². The highest BCUT2D eigenvalue weighted by molar-refractivity contribution is 5.83. The van der Waals surface area contributed by atoms with Gasteiger partial charge < -0.3 is 13.9 Å². The number of carbonyl (C=O) groups excluding carboxylic acids is 1. The van der Waals surface area contributed by atoms with E-state index in [1.165, 1.54) is 7.11 Å². The fourth-order valence-corrected chi connectivity index (χ4v) is 3.46. The second-order valence-electron chi connectivity index (χ2n) is 6.29. The fourth-order valence-electron chi connectivity index (χ4n) is 3.46. The molecule has 1 aromatic heterocycles. The van der Waals surface area contributed by atoms with Crippen molar-refractivity contribution in [3.8, 4) is 5.75 Å². The Hall–Kier alpha value is -3.08. The lowest BCUT2D eigenvalue weighted by Crippen LogP contribution is -2.20. The van der Waals surface area contributed by atoms with Gasteiger partial charge in [-0.15, -0.1) is 0 Å². The topological polar surface area (TPSA) is 65.7 Å². The van der Waals surface area contributed by atoms with Crippen LogP contribution in [-0.4, -0.2) is 13.1 Å². The Kier molecular flexibility index (Phi) is 4.21. The van der Waals surface area contributed by atoms with Gasteiger partial charge in [-0.25, -0.2) is 9.59 Å². The number of methoxy groups -OCH3 is 1. The average molecular weight is 350 g/mol. The molecule has 0 N–H and O–H groups in total. The van der Waals surface area contributed by atoms with Crippen molar-refractivity contribution in [3.05, 3.63) is 75.6 Å². The van der Waals surface area contributed by atoms with Gasteiger partial charge in [0.2, 0.25) is 6.10 Å². The van der Waals surface area contributed by atoms with Crippen LogP contribution in [-0.2, 0) is 22.4 Å². The molecule has 0 saturated heterocycles. The van der Waals surface area contributed by atoms with Gasteiger partial charge in [0.25, 0.3) is 0 Å². The highest BCUT2D eigenvalue weighted by Gasteiger charge is 2.24. The van der Waals surface area contributed by atoms with Crippen molar-refractivity contribution < 1.29 is 18.7 Å². The summed E-state index contributed by atoms with van der Waals surface area (Å²) in [7, 11) is 1.32. The Morgan fingerprint density at radius 2 is 1.85 bits per heavy atom. The Morgan fingerprint density at radius 3 is 2.62 bits per heavy atom. The molecule has 1 heterocycles. The fraction of sp³-hybridized carbons (Fsp3) is 0.238. The van der Waals surface area contributed by atoms with Crippen LogP contribution in [0.5, 0.6) is 5.75 Å². The van der Waals surface area contributed by atoms with Gasteiger partial charge in [-0.05, 0) is 37.0 Å². The second kappa shape index (κ2) is 6.67. The smallest absolute Gasteiger partial charge is 0.351 e. The summed E-state index contributed by atoms with van der Waals surface area (Å²) in [5, 5.41) is 0.929. The first-order valence-corrected chi connectivity index (χ1v) is 8.55. The molecule has 5 nitrogen and oxygen atoms in total. The molecule has 3 aromatic rings. The van der Waals surface area contributed by atoms with E-state index in [2.05, 4.69) is 0 Å². The number of fused-ring (bicyclic) bond motifs is 3. The molecule has 0 radical (unpaired) electrons. The predicted octanol–water partition coefficient (Wildman–Crippen LogP) is 3.57. The minimum atomic E-state index is -0.889. The van der Waals surface area contributed by atoms with Crippen LogP contribution in [0, 0.1) is 0 Å². The third-order valence-corrected chi connectivity index (χ3v) is 4.72. The number of rotatable bonds is 4. The van der Waals surface area contributed by atoms with Gasteiger partial charge >= 0.3 is 11.6 Å². The van der Waals surface area contributed by atoms with Crippen LogP contribution < -0.4 is 10.4 Å². The Labute approximate surface area is 150 Å². The SMILES string of the molecule is COC(=O)[C@H](Oc1ccc2c3c(c(=O)oc2c1)CCC3)c1ccccc1. The molecule has 0 fully saturated rings. The first-order chi connectivity index (χ1) is 12.7. The number of carbonyl (C=O) groups is 1. The quantitative estimate of drug-likeness (QED) is 0.531. The van der Waals surface area contributed by atoms with E-state index < -0.39 is 12.1 Å². The summed E-state index contributed by atoms with van der Waals surface area (Å²) < 4.78 is 16.2. The van der Waals surface area contributed by atoms with Gasteiger partial charge in [-0.3, -0.25) is 0 Å². The Balaban J connectivity index is 1.73. The van der Waals surface area contributed by atoms with Crippen molar-refractivity contribution in [3.63, 3.8) is 0 Å². The maximum absolute atomic E-state index is 12.2. The van der Waals surface area contributed by atoms with E-state index in [1.54, 1.807) is 24.3 Å². The lowest BCUT2D eigenvalue weighted by Gasteiger charge is -2.17. The van der Waals surface area contributed by atoms with Crippen molar-refractivity contribution in [2.75, 3.05) is 7.11 Å². The molecule has 4 rings (SSSR count). The molecule has 0 unspecified atom stereocenters. The van der Waals surface area contributed by atoms with E-state index in [9.17, 15) is 9.59 Å². The zero-order valence-electron chi connectivity index (χ0n) is 14.4. The number of esters is 1. The predicted molar refractivity (Wildman–Crippen MR) is 96.3 cm³/mol. The summed E-state index contributed by atoms with van der Waals surface area (Å²) in [6.07, 6.45) is 1.73. The van der Waals surface area contributed by atoms with E-state index in [1.807, 2.05) is 24.3 Å². The molecule has 5 heteroatoms. The largest absolute Gasteiger partial charge is 0.474 e. The summed E-state index contributed by atoms with van der Waals surface area (Å²) in [6, 6.07) is 14.5. The number of aryl methyl sites for hydroxylation is 1. The normalized spacial score (nSPS) is 14.0. The molecule has 0 saturated carbocycles. The molecule has 2 aromatic carbocycles. The minimum absolute atomic E-state index is 0.283. The van der Waals surface area contributed by atoms with Crippen LogP contribution in [0.15, 0.2) is 57.7 Å². The summed E-state index contributed by atoms with van der Waals surface area (Å²) in [4.78, 5) is 24.3. The molecule has 1 aliphatic rings. The summed E-state index contributed by atoms with van der Waals surface area (Å²) >= 11 is 0. The van der Waals surface area contributed by atoms with Gasteiger partial charge in [0.1, 0.15) is 11.3 Å². The molecular formula is C21H18O5. The number of benzene rings is 2. The number of ether oxygens (including phenoxy) is 2. The van der Waals surface area contributed by atoms with E-state index >= 15 is 0 Å². The zero-order valence-corrected chi connectivity index (χ0v) is 14.4. The summed E-state index contributed by atoms with van der Waals surface area (Å²) in [5.41, 5.74) is 2.73. The van der Waals surface area contributed by atoms with Crippen LogP contribution in [0.3, 0.4) is 0 Å². The van der Waals surface area contributed by atoms with Gasteiger partial charge in [0, 0.05) is 22.6 Å². The highest BCUT2D eigenvalue weighted by Crippen LogP contribution is 2.31. The maximum atomic E-state index is 12.2. The molecule has 1 aliphatic carbocycles. The molecule has 0 amide bonds. The second-order valence-corrected chi connectivity index (χ2v) is 6.29. The third-order valence-electron chi connectivity index (χ3n) is 4.72. The molecule has 0 bridgehead atoms.